The highest BCUT2D eigenvalue weighted by Crippen LogP contribution is 2.58. The first kappa shape index (κ1) is 41.0. The van der Waals surface area contributed by atoms with Gasteiger partial charge in [-0.05, 0) is 133 Å². The lowest BCUT2D eigenvalue weighted by atomic mass is 9.87. The average molecular weight is 895 g/mol. The van der Waals surface area contributed by atoms with E-state index in [1.165, 1.54) is 25.3 Å². The molecule has 4 aromatic carbocycles. The number of carbonyl (C=O) groups is 2. The summed E-state index contributed by atoms with van der Waals surface area (Å²) in [4.78, 5) is 29.8. The maximum absolute atomic E-state index is 15.1. The topological polar surface area (TPSA) is 167 Å². The molecule has 65 heavy (non-hydrogen) atoms. The van der Waals surface area contributed by atoms with E-state index >= 15 is 8.42 Å². The van der Waals surface area contributed by atoms with Gasteiger partial charge in [0, 0.05) is 13.1 Å². The number of nitrogens with zero attached hydrogens (tertiary/aromatic N) is 6. The Balaban J connectivity index is 0.878. The lowest BCUT2D eigenvalue weighted by Crippen LogP contribution is -2.59. The summed E-state index contributed by atoms with van der Waals surface area (Å²) in [5.41, 5.74) is 6.87. The van der Waals surface area contributed by atoms with Crippen LogP contribution in [0.5, 0.6) is 0 Å². The van der Waals surface area contributed by atoms with Gasteiger partial charge in [-0.25, -0.2) is 9.59 Å². The maximum Gasteiger partial charge on any atom is 0.409 e. The smallest absolute Gasteiger partial charge is 0.409 e. The van der Waals surface area contributed by atoms with Crippen molar-refractivity contribution < 1.29 is 27.5 Å². The van der Waals surface area contributed by atoms with Crippen LogP contribution in [0, 0.1) is 11.8 Å². The zero-order valence-electron chi connectivity index (χ0n) is 36.8. The van der Waals surface area contributed by atoms with Gasteiger partial charge in [-0.15, -0.1) is 0 Å². The van der Waals surface area contributed by atoms with Crippen LogP contribution < -0.4 is 9.44 Å². The number of hydrogen-bond donors (Lipinski definition) is 2. The van der Waals surface area contributed by atoms with Crippen LogP contribution in [0.2, 0.25) is 0 Å². The molecule has 15 heteroatoms. The molecule has 2 heterocycles. The van der Waals surface area contributed by atoms with E-state index in [1.807, 2.05) is 42.5 Å². The van der Waals surface area contributed by atoms with E-state index < -0.39 is 39.0 Å². The van der Waals surface area contributed by atoms with Gasteiger partial charge in [0.15, 0.2) is 0 Å². The number of amides is 2. The second kappa shape index (κ2) is 14.7. The third kappa shape index (κ3) is 5.86. The van der Waals surface area contributed by atoms with Crippen molar-refractivity contribution in [1.29, 1.82) is 0 Å². The van der Waals surface area contributed by atoms with Gasteiger partial charge in [0.25, 0.3) is 10.2 Å². The van der Waals surface area contributed by atoms with Crippen LogP contribution in [0.25, 0.3) is 0 Å². The molecule has 12 rings (SSSR count). The SMILES string of the molecule is COC(=O)N1CC[C@]2(/N=N/c3cccc4c3CC3N(C(=O)OC)CC[C@@]43NS(=O)(=O)N[C@]34CCCC3Cc3c(/N=N/[C@]56CCCC5Cc5ccccc56)cccc34)c3ccccc3CC12. The predicted molar refractivity (Wildman–Crippen MR) is 241 cm³/mol. The Morgan fingerprint density at radius 3 is 1.86 bits per heavy atom. The molecule has 2 N–H and O–H groups in total. The van der Waals surface area contributed by atoms with Crippen LogP contribution in [0.15, 0.2) is 105 Å². The van der Waals surface area contributed by atoms with E-state index in [9.17, 15) is 9.59 Å². The summed E-state index contributed by atoms with van der Waals surface area (Å²) < 4.78 is 47.1. The number of rotatable bonds is 8. The minimum atomic E-state index is -4.24. The zero-order chi connectivity index (χ0) is 44.3. The van der Waals surface area contributed by atoms with E-state index in [2.05, 4.69) is 51.9 Å². The molecule has 0 aromatic heterocycles. The fourth-order valence-corrected chi connectivity index (χ4v) is 16.0. The van der Waals surface area contributed by atoms with Crippen LogP contribution in [-0.4, -0.2) is 69.8 Å². The molecule has 4 unspecified atom stereocenters. The fraction of sp³-hybridized carbons (Fsp3) is 0.480. The maximum atomic E-state index is 15.1. The minimum absolute atomic E-state index is 0.0518. The summed E-state index contributed by atoms with van der Waals surface area (Å²) in [5, 5.41) is 20.4. The van der Waals surface area contributed by atoms with Gasteiger partial charge < -0.3 is 19.3 Å². The van der Waals surface area contributed by atoms with Crippen LogP contribution in [-0.2, 0) is 67.5 Å². The molecule has 4 fully saturated rings. The van der Waals surface area contributed by atoms with Crippen LogP contribution in [0.3, 0.4) is 0 Å². The van der Waals surface area contributed by atoms with E-state index in [4.69, 9.17) is 29.9 Å². The molecule has 0 radical (unpaired) electrons. The zero-order valence-corrected chi connectivity index (χ0v) is 37.6. The lowest BCUT2D eigenvalue weighted by molar-refractivity contribution is 0.112. The number of azo groups is 2. The van der Waals surface area contributed by atoms with Gasteiger partial charge in [-0.2, -0.15) is 38.3 Å². The second-order valence-corrected chi connectivity index (χ2v) is 21.1. The van der Waals surface area contributed by atoms with Crippen LogP contribution in [0.1, 0.15) is 95.9 Å². The summed E-state index contributed by atoms with van der Waals surface area (Å²) in [7, 11) is -1.49. The summed E-state index contributed by atoms with van der Waals surface area (Å²) in [6.45, 7) is 0.799. The first-order valence-electron chi connectivity index (χ1n) is 23.3. The standard InChI is InChI=1S/C50H54N8O6S/c1-63-45(59)57-25-23-49(38-16-6-4-12-32(38)28-43(49)57)54-52-42-20-8-18-40-36(42)30-44-50(40,24-26-58(44)46(60)64-2)56-65(61,62)55-48-22-10-14-34(48)29-35-39(48)17-7-19-41(35)51-53-47-21-9-13-33(47)27-31-11-3-5-15-37(31)47/h3-8,11-12,15-20,33-34,43-44,55-56H,9-10,13-14,21-30H2,1-2H3/b53-51+,54-52+/t33?,34?,43?,44?,47-,48-,49+,50-/m1/s1. The number of ether oxygens (including phenoxy) is 2. The quantitative estimate of drug-likeness (QED) is 0.168. The summed E-state index contributed by atoms with van der Waals surface area (Å²) in [6, 6.07) is 27.8. The van der Waals surface area contributed by atoms with E-state index in [0.717, 1.165) is 77.6 Å². The van der Waals surface area contributed by atoms with Crippen molar-refractivity contribution in [2.75, 3.05) is 27.3 Å². The molecule has 14 nitrogen and oxygen atoms in total. The Morgan fingerprint density at radius 1 is 0.585 bits per heavy atom. The Kier molecular flexibility index (Phi) is 9.29. The molecule has 0 spiro atoms. The van der Waals surface area contributed by atoms with Crippen molar-refractivity contribution in [1.82, 2.24) is 19.2 Å². The molecule has 2 aliphatic heterocycles. The van der Waals surface area contributed by atoms with Crippen molar-refractivity contribution in [2.24, 2.45) is 32.3 Å². The normalized spacial score (nSPS) is 32.3. The number of carbonyl (C=O) groups excluding carboxylic acids is 2. The molecular weight excluding hydrogens is 841 g/mol. The second-order valence-electron chi connectivity index (χ2n) is 19.7. The first-order chi connectivity index (χ1) is 31.5. The van der Waals surface area contributed by atoms with Crippen LogP contribution in [0.4, 0.5) is 21.0 Å². The highest BCUT2D eigenvalue weighted by molar-refractivity contribution is 7.87. The summed E-state index contributed by atoms with van der Waals surface area (Å²) in [6.07, 6.45) is 8.47. The lowest BCUT2D eigenvalue weighted by Gasteiger charge is -2.37. The number of fused-ring (bicyclic) bond motifs is 12. The predicted octanol–water partition coefficient (Wildman–Crippen LogP) is 8.67. The van der Waals surface area contributed by atoms with Gasteiger partial charge in [-0.1, -0.05) is 85.6 Å². The van der Waals surface area contributed by atoms with Crippen molar-refractivity contribution in [3.63, 3.8) is 0 Å². The largest absolute Gasteiger partial charge is 0.453 e. The Hall–Kier alpha value is -5.51. The Bertz CT molecular complexity index is 2840. The van der Waals surface area contributed by atoms with Gasteiger partial charge in [0.05, 0.1) is 48.8 Å². The number of benzene rings is 4. The van der Waals surface area contributed by atoms with E-state index in [-0.39, 0.29) is 23.6 Å². The summed E-state index contributed by atoms with van der Waals surface area (Å²) in [5.74, 6) is 0.497. The highest BCUT2D eigenvalue weighted by Gasteiger charge is 2.60. The molecule has 8 aliphatic rings. The van der Waals surface area contributed by atoms with Crippen molar-refractivity contribution in [3.05, 3.63) is 129 Å². The number of likely N-dealkylation sites (tertiary alicyclic amines) is 2. The first-order valence-corrected chi connectivity index (χ1v) is 24.8. The van der Waals surface area contributed by atoms with Crippen molar-refractivity contribution in [3.8, 4) is 0 Å². The molecule has 0 bridgehead atoms. The number of nitrogens with one attached hydrogen (secondary N) is 2. The Morgan fingerprint density at radius 2 is 1.14 bits per heavy atom. The molecule has 2 saturated carbocycles. The molecular formula is C50H54N8O6S. The van der Waals surface area contributed by atoms with Crippen molar-refractivity contribution in [2.45, 2.75) is 111 Å². The van der Waals surface area contributed by atoms with Gasteiger partial charge >= 0.3 is 12.2 Å². The fourth-order valence-electron chi connectivity index (χ4n) is 14.3. The third-order valence-electron chi connectivity index (χ3n) is 17.0. The molecule has 8 atom stereocenters. The minimum Gasteiger partial charge on any atom is -0.453 e. The van der Waals surface area contributed by atoms with Crippen molar-refractivity contribution >= 4 is 33.8 Å². The monoisotopic (exact) mass is 894 g/mol. The van der Waals surface area contributed by atoms with Crippen LogP contribution >= 0.6 is 0 Å². The number of methoxy groups -OCH3 is 2. The van der Waals surface area contributed by atoms with E-state index in [1.54, 1.807) is 9.80 Å². The molecule has 336 valence electrons. The highest BCUT2D eigenvalue weighted by atomic mass is 32.2. The van der Waals surface area contributed by atoms with Gasteiger partial charge in [-0.3, -0.25) is 0 Å². The third-order valence-corrected chi connectivity index (χ3v) is 18.3. The van der Waals surface area contributed by atoms with Gasteiger partial charge in [0.2, 0.25) is 0 Å². The van der Waals surface area contributed by atoms with E-state index in [0.29, 0.717) is 63.2 Å². The number of hydrogen-bond acceptors (Lipinski definition) is 10. The average Bonchev–Trinajstić information content (AvgIpc) is 4.19. The molecule has 6 aliphatic carbocycles. The molecule has 2 saturated heterocycles. The molecule has 4 aromatic rings. The van der Waals surface area contributed by atoms with Gasteiger partial charge in [0.1, 0.15) is 11.1 Å². The molecule has 2 amide bonds. The summed E-state index contributed by atoms with van der Waals surface area (Å²) >= 11 is 0. The Labute approximate surface area is 379 Å².